The Kier molecular flexibility index (Phi) is 12.1. The second-order valence-electron chi connectivity index (χ2n) is 11.0. The van der Waals surface area contributed by atoms with Gasteiger partial charge in [0.2, 0.25) is 0 Å². The summed E-state index contributed by atoms with van der Waals surface area (Å²) < 4.78 is 0. The highest BCUT2D eigenvalue weighted by atomic mass is 15.2. The van der Waals surface area contributed by atoms with Crippen LogP contribution in [-0.4, -0.2) is 30.2 Å². The molecule has 0 heterocycles. The number of hydrogen-bond acceptors (Lipinski definition) is 3. The fourth-order valence-corrected chi connectivity index (χ4v) is 6.19. The summed E-state index contributed by atoms with van der Waals surface area (Å²) in [4.78, 5) is 7.19. The highest BCUT2D eigenvalue weighted by Gasteiger charge is 2.38. The third kappa shape index (κ3) is 7.95. The Morgan fingerprint density at radius 1 is 1.08 bits per heavy atom. The fraction of sp³-hybridized carbons (Fsp3) is 0.500. The highest BCUT2D eigenvalue weighted by molar-refractivity contribution is 5.72. The van der Waals surface area contributed by atoms with Gasteiger partial charge in [-0.15, -0.1) is 0 Å². The van der Waals surface area contributed by atoms with Crippen molar-refractivity contribution in [3.8, 4) is 6.07 Å². The molecule has 0 aromatic heterocycles. The van der Waals surface area contributed by atoms with E-state index in [4.69, 9.17) is 0 Å². The molecule has 0 bridgehead atoms. The molecule has 1 fully saturated rings. The number of rotatable bonds is 12. The largest absolute Gasteiger partial charge is 0.373 e. The van der Waals surface area contributed by atoms with Gasteiger partial charge in [-0.05, 0) is 92.0 Å². The van der Waals surface area contributed by atoms with Gasteiger partial charge in [-0.1, -0.05) is 95.5 Å². The van der Waals surface area contributed by atoms with E-state index in [2.05, 4.69) is 84.7 Å². The maximum atomic E-state index is 9.81. The van der Waals surface area contributed by atoms with Crippen LogP contribution < -0.4 is 0 Å². The Bertz CT molecular complexity index is 1130. The van der Waals surface area contributed by atoms with Crippen molar-refractivity contribution in [3.05, 3.63) is 89.1 Å². The molecule has 0 saturated heterocycles. The molecular formula is C36H49N3. The van der Waals surface area contributed by atoms with Crippen molar-refractivity contribution < 1.29 is 0 Å². The van der Waals surface area contributed by atoms with Crippen LogP contribution in [0, 0.1) is 17.2 Å². The standard InChI is InChI=1S/C34H43N3.C2H6/c1-4-5-11-22-37(27(2)34(36-3)20-9-10-21-34)26-29-14-17-31(18-15-29)33-24-30(16-19-32(33)25-35)23-28-12-7-6-8-13-28;1-2/h6-8,12-13,16-17,19,24,29H,2-5,9-11,14-15,18,20-23,26H2,1H3;1-2H3. The first-order valence-corrected chi connectivity index (χ1v) is 15.3. The zero-order valence-electron chi connectivity index (χ0n) is 24.7. The molecule has 1 atom stereocenters. The topological polar surface area (TPSA) is 39.4 Å². The summed E-state index contributed by atoms with van der Waals surface area (Å²) in [5.74, 6) is 0.600. The molecule has 2 aliphatic carbocycles. The van der Waals surface area contributed by atoms with Gasteiger partial charge in [0.25, 0.3) is 0 Å². The molecular weight excluding hydrogens is 474 g/mol. The lowest BCUT2D eigenvalue weighted by molar-refractivity contribution is 0.234. The van der Waals surface area contributed by atoms with E-state index >= 15 is 0 Å². The summed E-state index contributed by atoms with van der Waals surface area (Å²) in [7, 11) is 0. The molecule has 2 aliphatic rings. The number of benzene rings is 2. The first kappa shape index (κ1) is 30.4. The Hall–Kier alpha value is -3.12. The smallest absolute Gasteiger partial charge is 0.0998 e. The maximum absolute atomic E-state index is 9.81. The number of aliphatic imine (C=N–C) groups is 1. The quantitative estimate of drug-likeness (QED) is 0.205. The second kappa shape index (κ2) is 15.5. The van der Waals surface area contributed by atoms with E-state index in [1.165, 1.54) is 54.5 Å². The van der Waals surface area contributed by atoms with E-state index in [0.717, 1.165) is 62.7 Å². The molecule has 0 N–H and O–H groups in total. The fourth-order valence-electron chi connectivity index (χ4n) is 6.19. The van der Waals surface area contributed by atoms with Gasteiger partial charge in [-0.25, -0.2) is 0 Å². The van der Waals surface area contributed by atoms with Crippen molar-refractivity contribution in [2.24, 2.45) is 10.9 Å². The van der Waals surface area contributed by atoms with Crippen LogP contribution in [0.15, 0.2) is 71.9 Å². The molecule has 2 aromatic carbocycles. The molecule has 3 nitrogen and oxygen atoms in total. The summed E-state index contributed by atoms with van der Waals surface area (Å²) in [6.45, 7) is 17.0. The van der Waals surface area contributed by atoms with E-state index in [-0.39, 0.29) is 5.54 Å². The predicted molar refractivity (Wildman–Crippen MR) is 168 cm³/mol. The van der Waals surface area contributed by atoms with Gasteiger partial charge < -0.3 is 4.90 Å². The van der Waals surface area contributed by atoms with Crippen LogP contribution in [0.3, 0.4) is 0 Å². The number of hydrogen-bond donors (Lipinski definition) is 0. The number of allylic oxidation sites excluding steroid dienone is 2. The first-order chi connectivity index (χ1) is 19.1. The zero-order chi connectivity index (χ0) is 28.1. The van der Waals surface area contributed by atoms with Crippen LogP contribution in [0.2, 0.25) is 0 Å². The third-order valence-corrected chi connectivity index (χ3v) is 8.48. The van der Waals surface area contributed by atoms with Crippen molar-refractivity contribution in [2.45, 2.75) is 96.9 Å². The van der Waals surface area contributed by atoms with Crippen LogP contribution in [0.5, 0.6) is 0 Å². The van der Waals surface area contributed by atoms with Crippen LogP contribution in [-0.2, 0) is 6.42 Å². The molecule has 0 aliphatic heterocycles. The number of nitrogens with zero attached hydrogens (tertiary/aromatic N) is 3. The minimum atomic E-state index is -0.150. The van der Waals surface area contributed by atoms with E-state index in [9.17, 15) is 5.26 Å². The Labute approximate surface area is 238 Å². The minimum absolute atomic E-state index is 0.150. The summed E-state index contributed by atoms with van der Waals surface area (Å²) in [5, 5.41) is 9.81. The molecule has 0 radical (unpaired) electrons. The van der Waals surface area contributed by atoms with Gasteiger partial charge in [0.15, 0.2) is 0 Å². The van der Waals surface area contributed by atoms with E-state index in [0.29, 0.717) is 5.92 Å². The monoisotopic (exact) mass is 523 g/mol. The van der Waals surface area contributed by atoms with Crippen LogP contribution in [0.4, 0.5) is 0 Å². The van der Waals surface area contributed by atoms with Gasteiger partial charge in [-0.2, -0.15) is 5.26 Å². The maximum Gasteiger partial charge on any atom is 0.0998 e. The summed E-state index contributed by atoms with van der Waals surface area (Å²) >= 11 is 0. The van der Waals surface area contributed by atoms with Gasteiger partial charge in [-0.3, -0.25) is 4.99 Å². The molecule has 0 amide bonds. The minimum Gasteiger partial charge on any atom is -0.373 e. The summed E-state index contributed by atoms with van der Waals surface area (Å²) in [5.41, 5.74) is 6.86. The van der Waals surface area contributed by atoms with Gasteiger partial charge in [0.05, 0.1) is 17.2 Å². The van der Waals surface area contributed by atoms with Gasteiger partial charge >= 0.3 is 0 Å². The Morgan fingerprint density at radius 2 is 1.82 bits per heavy atom. The van der Waals surface area contributed by atoms with Crippen molar-refractivity contribution in [1.82, 2.24) is 4.90 Å². The van der Waals surface area contributed by atoms with Crippen LogP contribution >= 0.6 is 0 Å². The molecule has 3 heteroatoms. The van der Waals surface area contributed by atoms with E-state index in [1.807, 2.05) is 19.9 Å². The molecule has 0 spiro atoms. The average molecular weight is 524 g/mol. The Morgan fingerprint density at radius 3 is 2.44 bits per heavy atom. The summed E-state index contributed by atoms with van der Waals surface area (Å²) in [6.07, 6.45) is 14.8. The van der Waals surface area contributed by atoms with E-state index in [1.54, 1.807) is 0 Å². The van der Waals surface area contributed by atoms with E-state index < -0.39 is 0 Å². The predicted octanol–water partition coefficient (Wildman–Crippen LogP) is 9.38. The molecule has 208 valence electrons. The molecule has 4 rings (SSSR count). The normalized spacial score (nSPS) is 17.8. The lowest BCUT2D eigenvalue weighted by Gasteiger charge is -2.39. The SMILES string of the molecule is C=NC1(C(=C)N(CCCCC)CC2CC=C(c3cc(Cc4ccccc4)ccc3C#N)CC2)CCCC1.CC. The molecule has 1 unspecified atom stereocenters. The summed E-state index contributed by atoms with van der Waals surface area (Å²) in [6, 6.07) is 19.4. The van der Waals surface area contributed by atoms with Gasteiger partial charge in [0.1, 0.15) is 0 Å². The lowest BCUT2D eigenvalue weighted by atomic mass is 9.83. The van der Waals surface area contributed by atoms with Crippen LogP contribution in [0.1, 0.15) is 107 Å². The lowest BCUT2D eigenvalue weighted by Crippen LogP contribution is -2.40. The Balaban J connectivity index is 0.00000205. The average Bonchev–Trinajstić information content (AvgIpc) is 3.49. The van der Waals surface area contributed by atoms with Crippen molar-refractivity contribution in [2.75, 3.05) is 13.1 Å². The molecule has 1 saturated carbocycles. The van der Waals surface area contributed by atoms with Crippen molar-refractivity contribution >= 4 is 12.3 Å². The van der Waals surface area contributed by atoms with Crippen molar-refractivity contribution in [3.63, 3.8) is 0 Å². The third-order valence-electron chi connectivity index (χ3n) is 8.48. The van der Waals surface area contributed by atoms with Gasteiger partial charge in [0, 0.05) is 18.8 Å². The molecule has 2 aromatic rings. The van der Waals surface area contributed by atoms with Crippen molar-refractivity contribution in [1.29, 1.82) is 5.26 Å². The zero-order valence-corrected chi connectivity index (χ0v) is 24.7. The number of nitriles is 1. The molecule has 39 heavy (non-hydrogen) atoms. The first-order valence-electron chi connectivity index (χ1n) is 15.3. The number of unbranched alkanes of at least 4 members (excludes halogenated alkanes) is 2. The highest BCUT2D eigenvalue weighted by Crippen LogP contribution is 2.41. The van der Waals surface area contributed by atoms with Crippen LogP contribution in [0.25, 0.3) is 5.57 Å². The second-order valence-corrected chi connectivity index (χ2v) is 11.0.